The highest BCUT2D eigenvalue weighted by atomic mass is 32.2. The van der Waals surface area contributed by atoms with Gasteiger partial charge in [0, 0.05) is 19.7 Å². The Labute approximate surface area is 115 Å². The molecule has 0 fully saturated rings. The molecule has 1 rings (SSSR count). The lowest BCUT2D eigenvalue weighted by Crippen LogP contribution is -2.32. The fraction of sp³-hybridized carbons (Fsp3) is 0.455. The molecule has 1 atom stereocenters. The van der Waals surface area contributed by atoms with Crippen molar-refractivity contribution in [1.82, 2.24) is 4.98 Å². The van der Waals surface area contributed by atoms with Crippen molar-refractivity contribution in [1.29, 1.82) is 0 Å². The first-order chi connectivity index (χ1) is 9.24. The summed E-state index contributed by atoms with van der Waals surface area (Å²) in [6.07, 6.45) is 0.847. The Morgan fingerprint density at radius 2 is 2.20 bits per heavy atom. The molecule has 1 aromatic rings. The molecule has 0 aliphatic rings. The van der Waals surface area contributed by atoms with Gasteiger partial charge in [-0.1, -0.05) is 6.92 Å². The molecule has 0 radical (unpaired) electrons. The maximum absolute atomic E-state index is 14.7. The zero-order valence-corrected chi connectivity index (χ0v) is 11.8. The second-order valence-corrected chi connectivity index (χ2v) is 5.41. The molecule has 2 N–H and O–H groups in total. The number of hydrogen-bond donors (Lipinski definition) is 1. The lowest BCUT2D eigenvalue weighted by atomic mass is 10.1. The average Bonchev–Trinajstić information content (AvgIpc) is 2.38. The van der Waals surface area contributed by atoms with Gasteiger partial charge in [0.1, 0.15) is 17.2 Å². The SMILES string of the molecule is CCC(F)(OC(=O)COC)c1ncccc1S(N)(=O)=O. The second-order valence-electron chi connectivity index (χ2n) is 3.88. The number of aromatic nitrogens is 1. The number of carbonyl (C=O) groups excluding carboxylic acids is 1. The molecule has 0 aliphatic heterocycles. The first kappa shape index (κ1) is 16.5. The van der Waals surface area contributed by atoms with Crippen LogP contribution in [-0.2, 0) is 30.1 Å². The Morgan fingerprint density at radius 3 is 2.70 bits per heavy atom. The van der Waals surface area contributed by atoms with Crippen LogP contribution in [0.4, 0.5) is 4.39 Å². The van der Waals surface area contributed by atoms with Gasteiger partial charge in [-0.05, 0) is 12.1 Å². The molecular formula is C11H15FN2O5S. The Balaban J connectivity index is 3.28. The number of carbonyl (C=O) groups is 1. The number of nitrogens with two attached hydrogens (primary N) is 1. The van der Waals surface area contributed by atoms with Crippen molar-refractivity contribution in [2.24, 2.45) is 5.14 Å². The first-order valence-corrected chi connectivity index (χ1v) is 7.17. The monoisotopic (exact) mass is 306 g/mol. The van der Waals surface area contributed by atoms with Gasteiger partial charge in [-0.2, -0.15) is 4.39 Å². The third-order valence-electron chi connectivity index (χ3n) is 2.42. The summed E-state index contributed by atoms with van der Waals surface area (Å²) in [6.45, 7) is 0.908. The number of halogens is 1. The quantitative estimate of drug-likeness (QED) is 0.764. The van der Waals surface area contributed by atoms with Gasteiger partial charge in [0.25, 0.3) is 5.85 Å². The van der Waals surface area contributed by atoms with Gasteiger partial charge < -0.3 is 9.47 Å². The lowest BCUT2D eigenvalue weighted by molar-refractivity contribution is -0.192. The van der Waals surface area contributed by atoms with Crippen LogP contribution < -0.4 is 5.14 Å². The lowest BCUT2D eigenvalue weighted by Gasteiger charge is -2.24. The molecule has 0 saturated heterocycles. The van der Waals surface area contributed by atoms with E-state index in [1.165, 1.54) is 26.3 Å². The van der Waals surface area contributed by atoms with Crippen LogP contribution in [0.1, 0.15) is 19.0 Å². The van der Waals surface area contributed by atoms with Crippen molar-refractivity contribution in [2.75, 3.05) is 13.7 Å². The molecule has 7 nitrogen and oxygen atoms in total. The van der Waals surface area contributed by atoms with Crippen LogP contribution in [0.15, 0.2) is 23.2 Å². The van der Waals surface area contributed by atoms with Gasteiger partial charge in [0.15, 0.2) is 0 Å². The number of nitrogens with zero attached hydrogens (tertiary/aromatic N) is 1. The van der Waals surface area contributed by atoms with Crippen LogP contribution in [0, 0.1) is 0 Å². The number of rotatable bonds is 6. The third-order valence-corrected chi connectivity index (χ3v) is 3.37. The fourth-order valence-electron chi connectivity index (χ4n) is 1.52. The first-order valence-electron chi connectivity index (χ1n) is 5.62. The predicted octanol–water partition coefficient (Wildman–Crippen LogP) is 0.451. The summed E-state index contributed by atoms with van der Waals surface area (Å²) >= 11 is 0. The van der Waals surface area contributed by atoms with Crippen molar-refractivity contribution >= 4 is 16.0 Å². The van der Waals surface area contributed by atoms with Crippen molar-refractivity contribution in [3.63, 3.8) is 0 Å². The highest BCUT2D eigenvalue weighted by Gasteiger charge is 2.40. The van der Waals surface area contributed by atoms with Gasteiger partial charge in [0.05, 0.1) is 0 Å². The number of hydrogen-bond acceptors (Lipinski definition) is 6. The fourth-order valence-corrected chi connectivity index (χ4v) is 2.26. The Kier molecular flexibility index (Phi) is 5.15. The summed E-state index contributed by atoms with van der Waals surface area (Å²) in [7, 11) is -2.96. The largest absolute Gasteiger partial charge is 0.421 e. The van der Waals surface area contributed by atoms with Gasteiger partial charge >= 0.3 is 5.97 Å². The Bertz CT molecular complexity index is 592. The van der Waals surface area contributed by atoms with Crippen molar-refractivity contribution < 1.29 is 27.1 Å². The minimum Gasteiger partial charge on any atom is -0.421 e. The predicted molar refractivity (Wildman–Crippen MR) is 66.7 cm³/mol. The summed E-state index contributed by atoms with van der Waals surface area (Å²) < 4.78 is 46.8. The summed E-state index contributed by atoms with van der Waals surface area (Å²) in [6, 6.07) is 2.38. The minimum atomic E-state index is -4.20. The summed E-state index contributed by atoms with van der Waals surface area (Å²) in [5.74, 6) is -3.68. The second kappa shape index (κ2) is 6.25. The Morgan fingerprint density at radius 1 is 1.55 bits per heavy atom. The van der Waals surface area contributed by atoms with E-state index in [-0.39, 0.29) is 6.42 Å². The van der Waals surface area contributed by atoms with Gasteiger partial charge in [-0.15, -0.1) is 0 Å². The van der Waals surface area contributed by atoms with Crippen LogP contribution in [0.2, 0.25) is 0 Å². The van der Waals surface area contributed by atoms with Crippen LogP contribution in [0.5, 0.6) is 0 Å². The van der Waals surface area contributed by atoms with Crippen LogP contribution in [-0.4, -0.2) is 33.1 Å². The number of ether oxygens (including phenoxy) is 2. The smallest absolute Gasteiger partial charge is 0.335 e. The number of primary sulfonamides is 1. The van der Waals surface area contributed by atoms with Crippen LogP contribution in [0.25, 0.3) is 0 Å². The van der Waals surface area contributed by atoms with Gasteiger partial charge in [-0.3, -0.25) is 4.98 Å². The van der Waals surface area contributed by atoms with E-state index in [2.05, 4.69) is 14.5 Å². The molecule has 9 heteroatoms. The normalized spacial score (nSPS) is 14.6. The highest BCUT2D eigenvalue weighted by Crippen LogP contribution is 2.33. The molecule has 1 aromatic heterocycles. The molecule has 112 valence electrons. The summed E-state index contributed by atoms with van der Waals surface area (Å²) in [4.78, 5) is 14.5. The average molecular weight is 306 g/mol. The number of methoxy groups -OCH3 is 1. The van der Waals surface area contributed by atoms with Gasteiger partial charge in [0.2, 0.25) is 10.0 Å². The molecular weight excluding hydrogens is 291 g/mol. The van der Waals surface area contributed by atoms with E-state index in [9.17, 15) is 17.6 Å². The summed E-state index contributed by atoms with van der Waals surface area (Å²) in [5, 5.41) is 5.00. The van der Waals surface area contributed by atoms with E-state index in [1.807, 2.05) is 0 Å². The highest BCUT2D eigenvalue weighted by molar-refractivity contribution is 7.89. The molecule has 0 aliphatic carbocycles. The van der Waals surface area contributed by atoms with Crippen LogP contribution >= 0.6 is 0 Å². The van der Waals surface area contributed by atoms with Crippen LogP contribution in [0.3, 0.4) is 0 Å². The zero-order chi connectivity index (χ0) is 15.4. The van der Waals surface area contributed by atoms with E-state index in [4.69, 9.17) is 5.14 Å². The zero-order valence-electron chi connectivity index (χ0n) is 11.0. The van der Waals surface area contributed by atoms with E-state index in [0.29, 0.717) is 0 Å². The minimum absolute atomic E-state index is 0.331. The topological polar surface area (TPSA) is 109 Å². The maximum Gasteiger partial charge on any atom is 0.335 e. The van der Waals surface area contributed by atoms with Crippen molar-refractivity contribution in [2.45, 2.75) is 24.1 Å². The number of sulfonamides is 1. The molecule has 0 amide bonds. The van der Waals surface area contributed by atoms with E-state index in [0.717, 1.165) is 6.07 Å². The molecule has 0 bridgehead atoms. The maximum atomic E-state index is 14.7. The molecule has 0 spiro atoms. The third kappa shape index (κ3) is 3.71. The number of pyridine rings is 1. The Hall–Kier alpha value is -1.58. The molecule has 0 aromatic carbocycles. The van der Waals surface area contributed by atoms with E-state index < -0.39 is 39.0 Å². The van der Waals surface area contributed by atoms with Crippen molar-refractivity contribution in [3.8, 4) is 0 Å². The van der Waals surface area contributed by atoms with E-state index >= 15 is 0 Å². The standard InChI is InChI=1S/C11H15FN2O5S/c1-3-11(12,19-9(15)7-18-2)10-8(20(13,16)17)5-4-6-14-10/h4-6H,3,7H2,1-2H3,(H2,13,16,17). The molecule has 1 heterocycles. The molecule has 20 heavy (non-hydrogen) atoms. The van der Waals surface area contributed by atoms with E-state index in [1.54, 1.807) is 0 Å². The molecule has 0 saturated carbocycles. The number of esters is 1. The number of alkyl halides is 1. The molecule has 1 unspecified atom stereocenters. The van der Waals surface area contributed by atoms with Crippen molar-refractivity contribution in [3.05, 3.63) is 24.0 Å². The van der Waals surface area contributed by atoms with Gasteiger partial charge in [-0.25, -0.2) is 18.4 Å². The summed E-state index contributed by atoms with van der Waals surface area (Å²) in [5.41, 5.74) is -0.561.